The fraction of sp³-hybridized carbons (Fsp3) is 0.875. The minimum Gasteiger partial charge on any atom is -0.462 e. The highest BCUT2D eigenvalue weighted by Crippen LogP contribution is 2.02. The van der Waals surface area contributed by atoms with Crippen LogP contribution in [0.4, 0.5) is 0 Å². The molecule has 0 spiro atoms. The van der Waals surface area contributed by atoms with Gasteiger partial charge < -0.3 is 4.74 Å². The van der Waals surface area contributed by atoms with Gasteiger partial charge in [-0.25, -0.2) is 0 Å². The molecule has 0 aromatic heterocycles. The maximum atomic E-state index is 9.60. The van der Waals surface area contributed by atoms with E-state index in [1.165, 1.54) is 0 Å². The number of nitrogens with two attached hydrogens (primary N) is 1. The normalized spacial score (nSPS) is 10.2. The van der Waals surface area contributed by atoms with Gasteiger partial charge in [0, 0.05) is 13.6 Å². The molecule has 0 bridgehead atoms. The lowest BCUT2D eigenvalue weighted by Gasteiger charge is -2.14. The lowest BCUT2D eigenvalue weighted by Crippen LogP contribution is -2.24. The Kier molecular flexibility index (Phi) is 8.21. The summed E-state index contributed by atoms with van der Waals surface area (Å²) in [7, 11) is 1.83. The lowest BCUT2D eigenvalue weighted by molar-refractivity contribution is -0.138. The van der Waals surface area contributed by atoms with Crippen molar-refractivity contribution in [1.29, 1.82) is 0 Å². The summed E-state index contributed by atoms with van der Waals surface area (Å²) in [6.45, 7) is 8.84. The van der Waals surface area contributed by atoms with Crippen LogP contribution in [0.25, 0.3) is 0 Å². The average Bonchev–Trinajstić information content (AvgIpc) is 1.86. The van der Waals surface area contributed by atoms with Crippen molar-refractivity contribution in [3.05, 3.63) is 0 Å². The van der Waals surface area contributed by atoms with Crippen molar-refractivity contribution < 1.29 is 9.53 Å². The van der Waals surface area contributed by atoms with Crippen LogP contribution in [0.1, 0.15) is 27.7 Å². The molecule has 0 aromatic carbocycles. The molecule has 0 aromatic rings. The smallest absolute Gasteiger partial charge is 0.293 e. The summed E-state index contributed by atoms with van der Waals surface area (Å²) in [6, 6.07) is 0. The largest absolute Gasteiger partial charge is 0.462 e. The van der Waals surface area contributed by atoms with E-state index in [0.717, 1.165) is 6.54 Å². The molecule has 0 radical (unpaired) electrons. The van der Waals surface area contributed by atoms with Crippen LogP contribution < -0.4 is 5.84 Å². The third-order valence-electron chi connectivity index (χ3n) is 0.900. The third kappa shape index (κ3) is 22.8. The fourth-order valence-corrected chi connectivity index (χ4v) is 0.144. The fourth-order valence-electron chi connectivity index (χ4n) is 0.144. The summed E-state index contributed by atoms with van der Waals surface area (Å²) in [5, 5.41) is 1.62. The Hall–Kier alpha value is -0.610. The van der Waals surface area contributed by atoms with Gasteiger partial charge in [-0.3, -0.25) is 15.6 Å². The van der Waals surface area contributed by atoms with Crippen LogP contribution in [-0.4, -0.2) is 30.7 Å². The van der Waals surface area contributed by atoms with Crippen molar-refractivity contribution in [2.75, 3.05) is 13.6 Å². The molecule has 4 heteroatoms. The van der Waals surface area contributed by atoms with E-state index in [9.17, 15) is 4.79 Å². The molecule has 0 fully saturated rings. The Balaban J connectivity index is 0. The van der Waals surface area contributed by atoms with Crippen LogP contribution >= 0.6 is 0 Å². The molecule has 4 nitrogen and oxygen atoms in total. The first-order chi connectivity index (χ1) is 5.33. The third-order valence-corrected chi connectivity index (χ3v) is 0.900. The maximum absolute atomic E-state index is 9.60. The number of hydrogen-bond acceptors (Lipinski definition) is 4. The Morgan fingerprint density at radius 1 is 1.50 bits per heavy atom. The minimum absolute atomic E-state index is 0.318. The van der Waals surface area contributed by atoms with Crippen molar-refractivity contribution in [2.45, 2.75) is 33.3 Å². The van der Waals surface area contributed by atoms with Gasteiger partial charge in [0.15, 0.2) is 0 Å². The minimum atomic E-state index is -0.318. The van der Waals surface area contributed by atoms with Gasteiger partial charge in [0.1, 0.15) is 5.60 Å². The zero-order valence-corrected chi connectivity index (χ0v) is 8.63. The first kappa shape index (κ1) is 13.9. The predicted molar refractivity (Wildman–Crippen MR) is 49.4 cm³/mol. The van der Waals surface area contributed by atoms with Crippen molar-refractivity contribution >= 4 is 6.47 Å². The van der Waals surface area contributed by atoms with E-state index in [4.69, 9.17) is 5.84 Å². The number of carbonyl (C=O) groups is 1. The molecule has 0 heterocycles. The Labute approximate surface area is 74.6 Å². The molecule has 74 valence electrons. The molecule has 0 amide bonds. The van der Waals surface area contributed by atoms with Crippen LogP contribution in [-0.2, 0) is 9.53 Å². The van der Waals surface area contributed by atoms with Gasteiger partial charge in [-0.05, 0) is 20.8 Å². The molecule has 0 unspecified atom stereocenters. The highest BCUT2D eigenvalue weighted by atomic mass is 16.5. The van der Waals surface area contributed by atoms with Gasteiger partial charge in [0.25, 0.3) is 6.47 Å². The summed E-state index contributed by atoms with van der Waals surface area (Å²) in [4.78, 5) is 9.60. The van der Waals surface area contributed by atoms with E-state index in [1.54, 1.807) is 5.01 Å². The van der Waals surface area contributed by atoms with Gasteiger partial charge in [0.05, 0.1) is 0 Å². The number of carbonyl (C=O) groups excluding carboxylic acids is 1. The summed E-state index contributed by atoms with van der Waals surface area (Å²) in [5.41, 5.74) is -0.318. The summed E-state index contributed by atoms with van der Waals surface area (Å²) >= 11 is 0. The second kappa shape index (κ2) is 7.06. The van der Waals surface area contributed by atoms with Crippen molar-refractivity contribution in [2.24, 2.45) is 5.84 Å². The van der Waals surface area contributed by atoms with E-state index in [-0.39, 0.29) is 5.60 Å². The van der Waals surface area contributed by atoms with Gasteiger partial charge in [-0.2, -0.15) is 0 Å². The van der Waals surface area contributed by atoms with E-state index in [0.29, 0.717) is 6.47 Å². The Morgan fingerprint density at radius 2 is 1.83 bits per heavy atom. The second-order valence-electron chi connectivity index (χ2n) is 3.40. The topological polar surface area (TPSA) is 55.6 Å². The van der Waals surface area contributed by atoms with E-state index in [2.05, 4.69) is 4.74 Å². The molecule has 2 N–H and O–H groups in total. The molecule has 0 aliphatic carbocycles. The molecule has 0 atom stereocenters. The monoisotopic (exact) mass is 176 g/mol. The number of ether oxygens (including phenoxy) is 1. The standard InChI is InChI=1S/C5H10O2.C3H10N2/c1-5(2,3)7-4-6;1-3-5(2)4/h4H,1-3H3;3-4H2,1-2H3. The first-order valence-corrected chi connectivity index (χ1v) is 3.90. The van der Waals surface area contributed by atoms with Crippen LogP contribution in [0.5, 0.6) is 0 Å². The van der Waals surface area contributed by atoms with Crippen molar-refractivity contribution in [3.8, 4) is 0 Å². The molecule has 0 saturated carbocycles. The number of hydrazine groups is 1. The van der Waals surface area contributed by atoms with Crippen LogP contribution in [0.3, 0.4) is 0 Å². The van der Waals surface area contributed by atoms with E-state index >= 15 is 0 Å². The maximum Gasteiger partial charge on any atom is 0.293 e. The van der Waals surface area contributed by atoms with Crippen molar-refractivity contribution in [3.63, 3.8) is 0 Å². The van der Waals surface area contributed by atoms with Gasteiger partial charge >= 0.3 is 0 Å². The second-order valence-corrected chi connectivity index (χ2v) is 3.40. The average molecular weight is 176 g/mol. The van der Waals surface area contributed by atoms with Crippen LogP contribution in [0.2, 0.25) is 0 Å². The molecular weight excluding hydrogens is 156 g/mol. The van der Waals surface area contributed by atoms with Crippen LogP contribution in [0.15, 0.2) is 0 Å². The molecule has 0 rings (SSSR count). The molecule has 0 saturated heterocycles. The predicted octanol–water partition coefficient (Wildman–Crippen LogP) is 0.770. The number of hydrogen-bond donors (Lipinski definition) is 1. The van der Waals surface area contributed by atoms with Crippen LogP contribution in [0, 0.1) is 0 Å². The van der Waals surface area contributed by atoms with Crippen molar-refractivity contribution in [1.82, 2.24) is 5.01 Å². The van der Waals surface area contributed by atoms with E-state index < -0.39 is 0 Å². The SMILES string of the molecule is CC(C)(C)OC=O.CCN(C)N. The van der Waals surface area contributed by atoms with Gasteiger partial charge in [0.2, 0.25) is 0 Å². The van der Waals surface area contributed by atoms with Gasteiger partial charge in [-0.15, -0.1) is 0 Å². The Bertz CT molecular complexity index is 108. The highest BCUT2D eigenvalue weighted by Gasteiger charge is 2.07. The molecular formula is C8H20N2O2. The van der Waals surface area contributed by atoms with Gasteiger partial charge in [-0.1, -0.05) is 6.92 Å². The zero-order valence-electron chi connectivity index (χ0n) is 8.63. The number of rotatable bonds is 2. The molecule has 0 aliphatic rings. The zero-order chi connectivity index (χ0) is 10.2. The lowest BCUT2D eigenvalue weighted by atomic mass is 10.2. The van der Waals surface area contributed by atoms with E-state index in [1.807, 2.05) is 34.7 Å². The quantitative estimate of drug-likeness (QED) is 0.383. The Morgan fingerprint density at radius 3 is 1.83 bits per heavy atom. The summed E-state index contributed by atoms with van der Waals surface area (Å²) in [5.74, 6) is 5.12. The number of nitrogens with zero attached hydrogens (tertiary/aromatic N) is 1. The molecule has 0 aliphatic heterocycles. The molecule has 12 heavy (non-hydrogen) atoms. The summed E-state index contributed by atoms with van der Waals surface area (Å²) < 4.78 is 4.55. The summed E-state index contributed by atoms with van der Waals surface area (Å²) in [6.07, 6.45) is 0. The highest BCUT2D eigenvalue weighted by molar-refractivity contribution is 5.37. The first-order valence-electron chi connectivity index (χ1n) is 3.90.